The fraction of sp³-hybridized carbons (Fsp3) is 0.333. The summed E-state index contributed by atoms with van der Waals surface area (Å²) in [5.74, 6) is -1.19. The number of carbonyl (C=O) groups is 2. The molecule has 0 aromatic heterocycles. The molecule has 0 aliphatic carbocycles. The monoisotopic (exact) mass is 472 g/mol. The van der Waals surface area contributed by atoms with Gasteiger partial charge in [-0.25, -0.2) is 0 Å². The zero-order valence-corrected chi connectivity index (χ0v) is 20.7. The van der Waals surface area contributed by atoms with Crippen LogP contribution in [0.25, 0.3) is 11.1 Å². The molecule has 35 heavy (non-hydrogen) atoms. The number of aryl methyl sites for hydroxylation is 1. The van der Waals surface area contributed by atoms with Crippen LogP contribution >= 0.6 is 0 Å². The summed E-state index contributed by atoms with van der Waals surface area (Å²) in [5.41, 5.74) is 6.51. The molecule has 0 heterocycles. The van der Waals surface area contributed by atoms with Crippen molar-refractivity contribution in [1.82, 2.24) is 5.32 Å². The van der Waals surface area contributed by atoms with Gasteiger partial charge in [0.05, 0.1) is 6.42 Å². The summed E-state index contributed by atoms with van der Waals surface area (Å²) in [6.07, 6.45) is 5.47. The number of rotatable bonds is 13. The van der Waals surface area contributed by atoms with Crippen molar-refractivity contribution in [1.29, 1.82) is 0 Å². The number of amides is 1. The third kappa shape index (κ3) is 8.60. The van der Waals surface area contributed by atoms with Crippen LogP contribution in [-0.2, 0) is 11.2 Å². The van der Waals surface area contributed by atoms with Gasteiger partial charge in [0.25, 0.3) is 5.91 Å². The third-order valence-electron chi connectivity index (χ3n) is 6.12. The number of carbonyl (C=O) groups excluding carboxylic acids is 1. The molecule has 0 fully saturated rings. The summed E-state index contributed by atoms with van der Waals surface area (Å²) < 4.78 is 0. The Morgan fingerprint density at radius 1 is 0.857 bits per heavy atom. The molecular formula is C30H36N2O3. The maximum atomic E-state index is 12.2. The molecule has 0 unspecified atom stereocenters. The molecule has 0 radical (unpaired) electrons. The molecule has 0 aliphatic rings. The van der Waals surface area contributed by atoms with Crippen molar-refractivity contribution in [3.05, 3.63) is 89.5 Å². The average Bonchev–Trinajstić information content (AvgIpc) is 2.85. The SMILES string of the molecule is CCCCC[C@@H](Cc1ccc(-c2ccc(C)cc2)cc1)Nc1ccc(C(=O)NCCC(=O)O)cc1. The van der Waals surface area contributed by atoms with Crippen molar-refractivity contribution in [2.24, 2.45) is 0 Å². The first-order chi connectivity index (χ1) is 16.9. The summed E-state index contributed by atoms with van der Waals surface area (Å²) in [6, 6.07) is 25.1. The molecule has 3 aromatic carbocycles. The quantitative estimate of drug-likeness (QED) is 0.249. The maximum Gasteiger partial charge on any atom is 0.305 e. The smallest absolute Gasteiger partial charge is 0.305 e. The van der Waals surface area contributed by atoms with Gasteiger partial charge in [-0.2, -0.15) is 0 Å². The topological polar surface area (TPSA) is 78.4 Å². The van der Waals surface area contributed by atoms with Crippen LogP contribution in [0.4, 0.5) is 5.69 Å². The molecule has 5 heteroatoms. The number of hydrogen-bond donors (Lipinski definition) is 3. The summed E-state index contributed by atoms with van der Waals surface area (Å²) >= 11 is 0. The van der Waals surface area contributed by atoms with Crippen molar-refractivity contribution in [3.63, 3.8) is 0 Å². The first-order valence-electron chi connectivity index (χ1n) is 12.5. The zero-order chi connectivity index (χ0) is 25.0. The fourth-order valence-electron chi connectivity index (χ4n) is 4.07. The molecule has 5 nitrogen and oxygen atoms in total. The van der Waals surface area contributed by atoms with Crippen LogP contribution in [0.15, 0.2) is 72.8 Å². The van der Waals surface area contributed by atoms with E-state index < -0.39 is 5.97 Å². The van der Waals surface area contributed by atoms with E-state index >= 15 is 0 Å². The van der Waals surface area contributed by atoms with Crippen molar-refractivity contribution < 1.29 is 14.7 Å². The largest absolute Gasteiger partial charge is 0.481 e. The first-order valence-corrected chi connectivity index (χ1v) is 12.5. The highest BCUT2D eigenvalue weighted by Gasteiger charge is 2.12. The summed E-state index contributed by atoms with van der Waals surface area (Å²) in [5, 5.41) is 15.0. The molecule has 3 N–H and O–H groups in total. The van der Waals surface area contributed by atoms with Gasteiger partial charge >= 0.3 is 5.97 Å². The van der Waals surface area contributed by atoms with E-state index in [4.69, 9.17) is 5.11 Å². The van der Waals surface area contributed by atoms with E-state index in [1.165, 1.54) is 41.5 Å². The summed E-state index contributed by atoms with van der Waals surface area (Å²) in [6.45, 7) is 4.44. The van der Waals surface area contributed by atoms with Crippen molar-refractivity contribution in [3.8, 4) is 11.1 Å². The molecule has 3 rings (SSSR count). The van der Waals surface area contributed by atoms with Gasteiger partial charge in [-0.3, -0.25) is 9.59 Å². The van der Waals surface area contributed by atoms with Crippen LogP contribution < -0.4 is 10.6 Å². The predicted octanol–water partition coefficient (Wildman–Crippen LogP) is 6.47. The number of hydrogen-bond acceptors (Lipinski definition) is 3. The Morgan fingerprint density at radius 3 is 2.09 bits per heavy atom. The van der Waals surface area contributed by atoms with E-state index in [-0.39, 0.29) is 18.9 Å². The number of unbranched alkanes of at least 4 members (excludes halogenated alkanes) is 2. The first kappa shape index (κ1) is 26.0. The fourth-order valence-corrected chi connectivity index (χ4v) is 4.07. The average molecular weight is 473 g/mol. The van der Waals surface area contributed by atoms with Crippen LogP contribution in [0.3, 0.4) is 0 Å². The second-order valence-electron chi connectivity index (χ2n) is 9.08. The van der Waals surface area contributed by atoms with E-state index in [0.29, 0.717) is 11.6 Å². The van der Waals surface area contributed by atoms with Gasteiger partial charge in [0, 0.05) is 23.8 Å². The molecule has 0 aliphatic heterocycles. The van der Waals surface area contributed by atoms with Crippen LogP contribution in [0, 0.1) is 6.92 Å². The Morgan fingerprint density at radius 2 is 1.49 bits per heavy atom. The van der Waals surface area contributed by atoms with Crippen LogP contribution in [0.5, 0.6) is 0 Å². The molecule has 1 amide bonds. The van der Waals surface area contributed by atoms with Crippen molar-refractivity contribution >= 4 is 17.6 Å². The number of carboxylic acid groups (broad SMARTS) is 1. The van der Waals surface area contributed by atoms with E-state index in [1.807, 2.05) is 12.1 Å². The minimum absolute atomic E-state index is 0.0865. The number of nitrogens with one attached hydrogen (secondary N) is 2. The Kier molecular flexibility index (Phi) is 9.91. The van der Waals surface area contributed by atoms with Crippen molar-refractivity contribution in [2.75, 3.05) is 11.9 Å². The molecule has 0 bridgehead atoms. The van der Waals surface area contributed by atoms with Gasteiger partial charge in [0.2, 0.25) is 0 Å². The Balaban J connectivity index is 1.62. The predicted molar refractivity (Wildman–Crippen MR) is 143 cm³/mol. The highest BCUT2D eigenvalue weighted by Crippen LogP contribution is 2.22. The van der Waals surface area contributed by atoms with E-state index in [0.717, 1.165) is 18.5 Å². The summed E-state index contributed by atoms with van der Waals surface area (Å²) in [4.78, 5) is 22.8. The standard InChI is InChI=1S/C30H36N2O3/c1-3-4-5-6-28(21-23-9-13-25(14-10-23)24-11-7-22(2)8-12-24)32-27-17-15-26(16-18-27)30(35)31-20-19-29(33)34/h7-18,28,32H,3-6,19-21H2,1-2H3,(H,31,35)(H,33,34)/t28-/m0/s1. The Hall–Kier alpha value is -3.60. The Bertz CT molecular complexity index is 1070. The minimum Gasteiger partial charge on any atom is -0.481 e. The maximum absolute atomic E-state index is 12.2. The molecule has 0 saturated carbocycles. The highest BCUT2D eigenvalue weighted by molar-refractivity contribution is 5.94. The van der Waals surface area contributed by atoms with Gasteiger partial charge in [-0.05, 0) is 60.7 Å². The molecular weight excluding hydrogens is 436 g/mol. The van der Waals surface area contributed by atoms with E-state index in [2.05, 4.69) is 73.0 Å². The lowest BCUT2D eigenvalue weighted by molar-refractivity contribution is -0.136. The third-order valence-corrected chi connectivity index (χ3v) is 6.12. The van der Waals surface area contributed by atoms with E-state index in [9.17, 15) is 9.59 Å². The molecule has 0 saturated heterocycles. The molecule has 0 spiro atoms. The van der Waals surface area contributed by atoms with Gasteiger partial charge in [0.1, 0.15) is 0 Å². The minimum atomic E-state index is -0.927. The van der Waals surface area contributed by atoms with Crippen molar-refractivity contribution in [2.45, 2.75) is 58.4 Å². The van der Waals surface area contributed by atoms with Gasteiger partial charge in [0.15, 0.2) is 0 Å². The molecule has 1 atom stereocenters. The zero-order valence-electron chi connectivity index (χ0n) is 20.7. The lowest BCUT2D eigenvalue weighted by atomic mass is 9.97. The lowest BCUT2D eigenvalue weighted by Gasteiger charge is -2.21. The second-order valence-corrected chi connectivity index (χ2v) is 9.08. The van der Waals surface area contributed by atoms with Gasteiger partial charge in [-0.15, -0.1) is 0 Å². The lowest BCUT2D eigenvalue weighted by Crippen LogP contribution is -2.26. The van der Waals surface area contributed by atoms with Crippen LogP contribution in [0.2, 0.25) is 0 Å². The molecule has 184 valence electrons. The molecule has 3 aromatic rings. The Labute approximate surface area is 208 Å². The summed E-state index contributed by atoms with van der Waals surface area (Å²) in [7, 11) is 0. The van der Waals surface area contributed by atoms with Crippen LogP contribution in [-0.4, -0.2) is 29.6 Å². The van der Waals surface area contributed by atoms with Gasteiger partial charge < -0.3 is 15.7 Å². The normalized spacial score (nSPS) is 11.6. The number of aliphatic carboxylic acids is 1. The highest BCUT2D eigenvalue weighted by atomic mass is 16.4. The second kappa shape index (κ2) is 13.3. The van der Waals surface area contributed by atoms with Crippen LogP contribution in [0.1, 0.15) is 60.5 Å². The number of anilines is 1. The number of benzene rings is 3. The van der Waals surface area contributed by atoms with E-state index in [1.54, 1.807) is 12.1 Å². The number of carboxylic acids is 1. The van der Waals surface area contributed by atoms with Gasteiger partial charge in [-0.1, -0.05) is 80.3 Å².